The van der Waals surface area contributed by atoms with Crippen molar-refractivity contribution in [3.8, 4) is 5.75 Å². The first-order chi connectivity index (χ1) is 9.69. The molecule has 2 rings (SSSR count). The minimum Gasteiger partial charge on any atom is -0.490 e. The lowest BCUT2D eigenvalue weighted by Gasteiger charge is -2.08. The molecule has 0 saturated heterocycles. The SMILES string of the molecule is C=CCOc1ccc(CNc2ccc(F)c(Br)c2)cc1. The molecule has 2 nitrogen and oxygen atoms in total. The van der Waals surface area contributed by atoms with Crippen LogP contribution < -0.4 is 10.1 Å². The lowest BCUT2D eigenvalue weighted by molar-refractivity contribution is 0.363. The normalized spacial score (nSPS) is 10.1. The highest BCUT2D eigenvalue weighted by Gasteiger charge is 2.00. The second-order valence-corrected chi connectivity index (χ2v) is 5.08. The number of nitrogens with one attached hydrogen (secondary N) is 1. The minimum absolute atomic E-state index is 0.265. The van der Waals surface area contributed by atoms with Gasteiger partial charge in [-0.2, -0.15) is 0 Å². The van der Waals surface area contributed by atoms with Crippen LogP contribution in [-0.2, 0) is 6.54 Å². The molecule has 2 aromatic rings. The first-order valence-corrected chi connectivity index (χ1v) is 7.00. The van der Waals surface area contributed by atoms with Gasteiger partial charge in [0, 0.05) is 12.2 Å². The third kappa shape index (κ3) is 4.10. The predicted molar refractivity (Wildman–Crippen MR) is 83.6 cm³/mol. The highest BCUT2D eigenvalue weighted by Crippen LogP contribution is 2.21. The molecule has 0 aliphatic heterocycles. The molecular formula is C16H15BrFNO. The maximum Gasteiger partial charge on any atom is 0.137 e. The van der Waals surface area contributed by atoms with E-state index >= 15 is 0 Å². The van der Waals surface area contributed by atoms with Gasteiger partial charge in [0.2, 0.25) is 0 Å². The molecule has 0 heterocycles. The van der Waals surface area contributed by atoms with Gasteiger partial charge < -0.3 is 10.1 Å². The average molecular weight is 336 g/mol. The van der Waals surface area contributed by atoms with E-state index in [1.807, 2.05) is 24.3 Å². The van der Waals surface area contributed by atoms with Crippen LogP contribution in [0, 0.1) is 5.82 Å². The summed E-state index contributed by atoms with van der Waals surface area (Å²) >= 11 is 3.17. The van der Waals surface area contributed by atoms with Crippen molar-refractivity contribution in [2.24, 2.45) is 0 Å². The molecule has 0 spiro atoms. The number of anilines is 1. The Kier molecular flexibility index (Phi) is 5.18. The average Bonchev–Trinajstić information content (AvgIpc) is 2.47. The summed E-state index contributed by atoms with van der Waals surface area (Å²) in [5.41, 5.74) is 1.99. The standard InChI is InChI=1S/C16H15BrFNO/c1-2-9-20-14-6-3-12(4-7-14)11-19-13-5-8-16(18)15(17)10-13/h2-8,10,19H,1,9,11H2. The van der Waals surface area contributed by atoms with Gasteiger partial charge in [-0.05, 0) is 51.8 Å². The van der Waals surface area contributed by atoms with Gasteiger partial charge in [0.15, 0.2) is 0 Å². The fraction of sp³-hybridized carbons (Fsp3) is 0.125. The van der Waals surface area contributed by atoms with Crippen LogP contribution in [0.4, 0.5) is 10.1 Å². The Balaban J connectivity index is 1.93. The van der Waals surface area contributed by atoms with Crippen molar-refractivity contribution in [3.05, 3.63) is 71.0 Å². The van der Waals surface area contributed by atoms with Crippen LogP contribution in [0.5, 0.6) is 5.75 Å². The Bertz CT molecular complexity index is 584. The smallest absolute Gasteiger partial charge is 0.137 e. The van der Waals surface area contributed by atoms with Crippen molar-refractivity contribution in [1.29, 1.82) is 0 Å². The topological polar surface area (TPSA) is 21.3 Å². The number of hydrogen-bond acceptors (Lipinski definition) is 2. The van der Waals surface area contributed by atoms with E-state index in [-0.39, 0.29) is 5.82 Å². The van der Waals surface area contributed by atoms with Crippen molar-refractivity contribution in [2.45, 2.75) is 6.54 Å². The Morgan fingerprint density at radius 3 is 2.60 bits per heavy atom. The van der Waals surface area contributed by atoms with Crippen LogP contribution in [0.3, 0.4) is 0 Å². The second kappa shape index (κ2) is 7.10. The highest BCUT2D eigenvalue weighted by molar-refractivity contribution is 9.10. The fourth-order valence-electron chi connectivity index (χ4n) is 1.67. The molecule has 0 radical (unpaired) electrons. The molecule has 0 atom stereocenters. The van der Waals surface area contributed by atoms with Crippen LogP contribution in [0.1, 0.15) is 5.56 Å². The molecule has 2 aromatic carbocycles. The zero-order valence-electron chi connectivity index (χ0n) is 10.9. The highest BCUT2D eigenvalue weighted by atomic mass is 79.9. The Labute approximate surface area is 126 Å². The van der Waals surface area contributed by atoms with E-state index in [9.17, 15) is 4.39 Å². The summed E-state index contributed by atoms with van der Waals surface area (Å²) in [6.07, 6.45) is 1.71. The fourth-order valence-corrected chi connectivity index (χ4v) is 2.05. The maximum absolute atomic E-state index is 13.1. The summed E-state index contributed by atoms with van der Waals surface area (Å²) in [7, 11) is 0. The summed E-state index contributed by atoms with van der Waals surface area (Å²) in [6.45, 7) is 4.77. The van der Waals surface area contributed by atoms with Gasteiger partial charge in [0.05, 0.1) is 4.47 Å². The molecule has 20 heavy (non-hydrogen) atoms. The number of ether oxygens (including phenoxy) is 1. The van der Waals surface area contributed by atoms with Crippen molar-refractivity contribution < 1.29 is 9.13 Å². The predicted octanol–water partition coefficient (Wildman–Crippen LogP) is 4.77. The molecule has 0 aliphatic rings. The van der Waals surface area contributed by atoms with Crippen molar-refractivity contribution in [2.75, 3.05) is 11.9 Å². The van der Waals surface area contributed by atoms with Gasteiger partial charge in [-0.3, -0.25) is 0 Å². The quantitative estimate of drug-likeness (QED) is 0.768. The molecule has 0 aromatic heterocycles. The lowest BCUT2D eigenvalue weighted by Crippen LogP contribution is -2.00. The van der Waals surface area contributed by atoms with Crippen LogP contribution in [0.15, 0.2) is 59.6 Å². The van der Waals surface area contributed by atoms with Crippen molar-refractivity contribution in [3.63, 3.8) is 0 Å². The molecular weight excluding hydrogens is 321 g/mol. The maximum atomic E-state index is 13.1. The Morgan fingerprint density at radius 1 is 1.20 bits per heavy atom. The molecule has 0 unspecified atom stereocenters. The van der Waals surface area contributed by atoms with Gasteiger partial charge in [-0.15, -0.1) is 0 Å². The van der Waals surface area contributed by atoms with Crippen molar-refractivity contribution in [1.82, 2.24) is 0 Å². The van der Waals surface area contributed by atoms with Crippen LogP contribution in [-0.4, -0.2) is 6.61 Å². The third-order valence-electron chi connectivity index (χ3n) is 2.71. The van der Waals surface area contributed by atoms with E-state index in [0.717, 1.165) is 17.0 Å². The van der Waals surface area contributed by atoms with Gasteiger partial charge in [-0.1, -0.05) is 24.8 Å². The zero-order chi connectivity index (χ0) is 14.4. The summed E-state index contributed by atoms with van der Waals surface area (Å²) in [6, 6.07) is 12.7. The van der Waals surface area contributed by atoms with E-state index in [1.54, 1.807) is 18.2 Å². The number of halogens is 2. The number of hydrogen-bond donors (Lipinski definition) is 1. The molecule has 0 bridgehead atoms. The van der Waals surface area contributed by atoms with Crippen LogP contribution in [0.25, 0.3) is 0 Å². The number of benzene rings is 2. The largest absolute Gasteiger partial charge is 0.490 e. The summed E-state index contributed by atoms with van der Waals surface area (Å²) in [4.78, 5) is 0. The van der Waals surface area contributed by atoms with Crippen LogP contribution >= 0.6 is 15.9 Å². The summed E-state index contributed by atoms with van der Waals surface area (Å²) < 4.78 is 19.0. The molecule has 1 N–H and O–H groups in total. The van der Waals surface area contributed by atoms with E-state index in [0.29, 0.717) is 17.6 Å². The first kappa shape index (κ1) is 14.6. The van der Waals surface area contributed by atoms with Crippen molar-refractivity contribution >= 4 is 21.6 Å². The monoisotopic (exact) mass is 335 g/mol. The first-order valence-electron chi connectivity index (χ1n) is 6.20. The van der Waals surface area contributed by atoms with Gasteiger partial charge in [0.1, 0.15) is 18.2 Å². The zero-order valence-corrected chi connectivity index (χ0v) is 12.5. The van der Waals surface area contributed by atoms with Gasteiger partial charge in [0.25, 0.3) is 0 Å². The summed E-state index contributed by atoms with van der Waals surface area (Å²) in [5.74, 6) is 0.553. The van der Waals surface area contributed by atoms with Gasteiger partial charge >= 0.3 is 0 Å². The van der Waals surface area contributed by atoms with E-state index in [2.05, 4.69) is 27.8 Å². The molecule has 0 fully saturated rings. The Hall–Kier alpha value is -1.81. The molecule has 104 valence electrons. The molecule has 0 saturated carbocycles. The van der Waals surface area contributed by atoms with E-state index in [4.69, 9.17) is 4.74 Å². The van der Waals surface area contributed by atoms with E-state index < -0.39 is 0 Å². The molecule has 0 amide bonds. The minimum atomic E-state index is -0.265. The van der Waals surface area contributed by atoms with Gasteiger partial charge in [-0.25, -0.2) is 4.39 Å². The molecule has 4 heteroatoms. The molecule has 0 aliphatic carbocycles. The summed E-state index contributed by atoms with van der Waals surface area (Å²) in [5, 5.41) is 3.24. The third-order valence-corrected chi connectivity index (χ3v) is 3.32. The lowest BCUT2D eigenvalue weighted by atomic mass is 10.2. The Morgan fingerprint density at radius 2 is 1.95 bits per heavy atom. The van der Waals surface area contributed by atoms with E-state index in [1.165, 1.54) is 6.07 Å². The second-order valence-electron chi connectivity index (χ2n) is 4.23. The number of rotatable bonds is 6. The van der Waals surface area contributed by atoms with Crippen LogP contribution in [0.2, 0.25) is 0 Å².